The number of allylic oxidation sites excluding steroid dienone is 1. The highest BCUT2D eigenvalue weighted by Crippen LogP contribution is 2.25. The second-order valence-corrected chi connectivity index (χ2v) is 3.88. The molecule has 2 nitrogen and oxygen atoms in total. The maximum Gasteiger partial charge on any atom is 0.365 e. The molecule has 0 saturated heterocycles. The van der Waals surface area contributed by atoms with Gasteiger partial charge >= 0.3 is 5.97 Å². The van der Waals surface area contributed by atoms with Crippen molar-refractivity contribution in [2.75, 3.05) is 0 Å². The number of rotatable bonds is 3. The zero-order chi connectivity index (χ0) is 11.4. The third-order valence-electron chi connectivity index (χ3n) is 1.98. The van der Waals surface area contributed by atoms with Crippen LogP contribution in [0.4, 0.5) is 4.39 Å². The van der Waals surface area contributed by atoms with Gasteiger partial charge in [0.05, 0.1) is 0 Å². The molecule has 1 N–H and O–H groups in total. The number of carboxylic acids is 1. The van der Waals surface area contributed by atoms with Gasteiger partial charge in [0.15, 0.2) is 0 Å². The van der Waals surface area contributed by atoms with Crippen molar-refractivity contribution in [2.45, 2.75) is 13.3 Å². The van der Waals surface area contributed by atoms with Crippen molar-refractivity contribution in [3.05, 3.63) is 40.1 Å². The van der Waals surface area contributed by atoms with E-state index in [1.54, 1.807) is 31.2 Å². The molecule has 0 bridgehead atoms. The quantitative estimate of drug-likeness (QED) is 0.854. The molecule has 0 aliphatic heterocycles. The predicted octanol–water partition coefficient (Wildman–Crippen LogP) is 3.62. The van der Waals surface area contributed by atoms with Gasteiger partial charge in [0.1, 0.15) is 0 Å². The molecule has 0 unspecified atom stereocenters. The molecule has 0 saturated carbocycles. The minimum Gasteiger partial charge on any atom is -0.476 e. The van der Waals surface area contributed by atoms with Crippen molar-refractivity contribution in [1.29, 1.82) is 0 Å². The summed E-state index contributed by atoms with van der Waals surface area (Å²) in [4.78, 5) is 10.5. The third kappa shape index (κ3) is 2.89. The number of hydrogen-bond donors (Lipinski definition) is 1. The van der Waals surface area contributed by atoms with Crippen LogP contribution in [0.25, 0.3) is 5.57 Å². The molecule has 0 aliphatic rings. The number of carbonyl (C=O) groups is 1. The summed E-state index contributed by atoms with van der Waals surface area (Å²) in [5, 5.41) is 8.57. The minimum absolute atomic E-state index is 0.212. The Morgan fingerprint density at radius 2 is 2.20 bits per heavy atom. The lowest BCUT2D eigenvalue weighted by Crippen LogP contribution is -1.99. The summed E-state index contributed by atoms with van der Waals surface area (Å²) in [6, 6.07) is 6.92. The molecule has 0 radical (unpaired) electrons. The Bertz CT molecular complexity index is 413. The van der Waals surface area contributed by atoms with Gasteiger partial charge in [0.25, 0.3) is 0 Å². The van der Waals surface area contributed by atoms with Crippen molar-refractivity contribution in [2.24, 2.45) is 0 Å². The van der Waals surface area contributed by atoms with Crippen LogP contribution in [0.2, 0.25) is 0 Å². The van der Waals surface area contributed by atoms with E-state index in [0.717, 1.165) is 4.47 Å². The van der Waals surface area contributed by atoms with Gasteiger partial charge in [-0.15, -0.1) is 0 Å². The van der Waals surface area contributed by atoms with E-state index in [1.807, 2.05) is 0 Å². The predicted molar refractivity (Wildman–Crippen MR) is 60.1 cm³/mol. The van der Waals surface area contributed by atoms with Crippen LogP contribution in [0, 0.1) is 0 Å². The largest absolute Gasteiger partial charge is 0.476 e. The second kappa shape index (κ2) is 5.07. The van der Waals surface area contributed by atoms with Crippen LogP contribution >= 0.6 is 15.9 Å². The first-order valence-corrected chi connectivity index (χ1v) is 5.23. The lowest BCUT2D eigenvalue weighted by Gasteiger charge is -2.05. The minimum atomic E-state index is -1.52. The van der Waals surface area contributed by atoms with Crippen LogP contribution in [0.3, 0.4) is 0 Å². The van der Waals surface area contributed by atoms with Crippen LogP contribution < -0.4 is 0 Å². The summed E-state index contributed by atoms with van der Waals surface area (Å²) < 4.78 is 14.1. The van der Waals surface area contributed by atoms with Crippen LogP contribution in [0.15, 0.2) is 34.6 Å². The molecule has 0 aromatic heterocycles. The lowest BCUT2D eigenvalue weighted by molar-refractivity contribution is -0.134. The molecule has 1 aromatic carbocycles. The average Bonchev–Trinajstić information content (AvgIpc) is 2.18. The Kier molecular flexibility index (Phi) is 4.03. The van der Waals surface area contributed by atoms with E-state index >= 15 is 0 Å². The summed E-state index contributed by atoms with van der Waals surface area (Å²) in [7, 11) is 0. The van der Waals surface area contributed by atoms with E-state index in [9.17, 15) is 9.18 Å². The zero-order valence-electron chi connectivity index (χ0n) is 8.13. The molecular weight excluding hydrogens is 263 g/mol. The molecule has 0 atom stereocenters. The Hall–Kier alpha value is -1.16. The smallest absolute Gasteiger partial charge is 0.365 e. The molecule has 4 heteroatoms. The lowest BCUT2D eigenvalue weighted by atomic mass is 10.0. The highest BCUT2D eigenvalue weighted by atomic mass is 79.9. The maximum atomic E-state index is 13.3. The van der Waals surface area contributed by atoms with E-state index in [-0.39, 0.29) is 5.57 Å². The van der Waals surface area contributed by atoms with Gasteiger partial charge < -0.3 is 5.11 Å². The number of halogens is 2. The number of benzene rings is 1. The highest BCUT2D eigenvalue weighted by molar-refractivity contribution is 9.10. The molecule has 0 amide bonds. The fraction of sp³-hybridized carbons (Fsp3) is 0.182. The first-order valence-electron chi connectivity index (χ1n) is 4.44. The first-order chi connectivity index (χ1) is 7.06. The van der Waals surface area contributed by atoms with Gasteiger partial charge in [-0.1, -0.05) is 35.0 Å². The topological polar surface area (TPSA) is 37.3 Å². The summed E-state index contributed by atoms with van der Waals surface area (Å²) in [5.41, 5.74) is 0.801. The van der Waals surface area contributed by atoms with Gasteiger partial charge in [0.2, 0.25) is 5.83 Å². The van der Waals surface area contributed by atoms with Crippen molar-refractivity contribution in [3.8, 4) is 0 Å². The van der Waals surface area contributed by atoms with Crippen molar-refractivity contribution in [1.82, 2.24) is 0 Å². The molecule has 1 rings (SSSR count). The van der Waals surface area contributed by atoms with Crippen molar-refractivity contribution < 1.29 is 14.3 Å². The van der Waals surface area contributed by atoms with Crippen LogP contribution in [-0.4, -0.2) is 11.1 Å². The molecule has 0 heterocycles. The Labute approximate surface area is 95.6 Å². The van der Waals surface area contributed by atoms with E-state index in [2.05, 4.69) is 15.9 Å². The van der Waals surface area contributed by atoms with Gasteiger partial charge in [-0.05, 0) is 24.1 Å². The van der Waals surface area contributed by atoms with Crippen LogP contribution in [-0.2, 0) is 4.79 Å². The van der Waals surface area contributed by atoms with E-state index < -0.39 is 11.8 Å². The van der Waals surface area contributed by atoms with Crippen molar-refractivity contribution >= 4 is 27.5 Å². The number of hydrogen-bond acceptors (Lipinski definition) is 1. The average molecular weight is 273 g/mol. The van der Waals surface area contributed by atoms with Gasteiger partial charge in [-0.25, -0.2) is 4.79 Å². The highest BCUT2D eigenvalue weighted by Gasteiger charge is 2.14. The van der Waals surface area contributed by atoms with Crippen LogP contribution in [0.1, 0.15) is 18.9 Å². The third-order valence-corrected chi connectivity index (χ3v) is 2.47. The molecule has 0 aliphatic carbocycles. The van der Waals surface area contributed by atoms with E-state index in [0.29, 0.717) is 12.0 Å². The summed E-state index contributed by atoms with van der Waals surface area (Å²) in [6.07, 6.45) is 0.342. The second-order valence-electron chi connectivity index (χ2n) is 2.96. The summed E-state index contributed by atoms with van der Waals surface area (Å²) in [5.74, 6) is -2.61. The van der Waals surface area contributed by atoms with E-state index in [4.69, 9.17) is 5.11 Å². The monoisotopic (exact) mass is 272 g/mol. The van der Waals surface area contributed by atoms with Gasteiger partial charge in [-0.3, -0.25) is 0 Å². The van der Waals surface area contributed by atoms with Crippen LogP contribution in [0.5, 0.6) is 0 Å². The number of aliphatic carboxylic acids is 1. The Balaban J connectivity index is 3.24. The Morgan fingerprint density at radius 1 is 1.53 bits per heavy atom. The van der Waals surface area contributed by atoms with Gasteiger partial charge in [-0.2, -0.15) is 4.39 Å². The summed E-state index contributed by atoms with van der Waals surface area (Å²) in [6.45, 7) is 1.72. The van der Waals surface area contributed by atoms with E-state index in [1.165, 1.54) is 0 Å². The van der Waals surface area contributed by atoms with Gasteiger partial charge in [0, 0.05) is 10.0 Å². The maximum absolute atomic E-state index is 13.3. The normalized spacial score (nSPS) is 12.2. The first kappa shape index (κ1) is 11.9. The van der Waals surface area contributed by atoms with Crippen molar-refractivity contribution in [3.63, 3.8) is 0 Å². The summed E-state index contributed by atoms with van der Waals surface area (Å²) >= 11 is 3.25. The molecule has 80 valence electrons. The SMILES string of the molecule is CC/C(=C(/F)C(=O)O)c1cccc(Br)c1. The zero-order valence-corrected chi connectivity index (χ0v) is 9.71. The molecule has 0 fully saturated rings. The standard InChI is InChI=1S/C11H10BrFO2/c1-2-9(10(13)11(14)15)7-4-3-5-8(12)6-7/h3-6H,2H2,1H3,(H,14,15)/b10-9-. The molecule has 1 aromatic rings. The Morgan fingerprint density at radius 3 is 2.67 bits per heavy atom. The molecular formula is C11H10BrFO2. The number of carboxylic acid groups (broad SMARTS) is 1. The molecule has 15 heavy (non-hydrogen) atoms. The fourth-order valence-corrected chi connectivity index (χ4v) is 1.69. The fourth-order valence-electron chi connectivity index (χ4n) is 1.29. The molecule has 0 spiro atoms.